The summed E-state index contributed by atoms with van der Waals surface area (Å²) in [6.07, 6.45) is 7.40. The fourth-order valence-electron chi connectivity index (χ4n) is 6.71. The highest BCUT2D eigenvalue weighted by Gasteiger charge is 2.75. The summed E-state index contributed by atoms with van der Waals surface area (Å²) in [6, 6.07) is 0. The van der Waals surface area contributed by atoms with Crippen LogP contribution in [0.15, 0.2) is 0 Å². The summed E-state index contributed by atoms with van der Waals surface area (Å²) in [5.74, 6) is 1.51. The molecule has 3 saturated carbocycles. The van der Waals surface area contributed by atoms with Gasteiger partial charge in [0.05, 0.1) is 19.3 Å². The van der Waals surface area contributed by atoms with Crippen molar-refractivity contribution in [2.45, 2.75) is 78.6 Å². The van der Waals surface area contributed by atoms with Crippen molar-refractivity contribution in [3.8, 4) is 0 Å². The molecule has 0 aliphatic heterocycles. The summed E-state index contributed by atoms with van der Waals surface area (Å²) in [7, 11) is 0. The fourth-order valence-corrected chi connectivity index (χ4v) is 6.71. The molecule has 0 heterocycles. The Kier molecular flexibility index (Phi) is 4.87. The van der Waals surface area contributed by atoms with Crippen LogP contribution in [-0.2, 0) is 14.3 Å². The van der Waals surface area contributed by atoms with Crippen molar-refractivity contribution in [2.24, 2.45) is 28.1 Å². The molecule has 0 saturated heterocycles. The first kappa shape index (κ1) is 18.3. The van der Waals surface area contributed by atoms with E-state index in [4.69, 9.17) is 14.6 Å². The van der Waals surface area contributed by atoms with E-state index in [1.54, 1.807) is 0 Å². The van der Waals surface area contributed by atoms with Gasteiger partial charge in [-0.25, -0.2) is 0 Å². The van der Waals surface area contributed by atoms with E-state index in [2.05, 4.69) is 27.7 Å². The third kappa shape index (κ3) is 2.48. The van der Waals surface area contributed by atoms with Crippen LogP contribution in [0, 0.1) is 28.1 Å². The minimum Gasteiger partial charge on any atom is -0.394 e. The first-order chi connectivity index (χ1) is 11.4. The van der Waals surface area contributed by atoms with Gasteiger partial charge in [-0.15, -0.1) is 0 Å². The van der Waals surface area contributed by atoms with Crippen LogP contribution in [0.1, 0.15) is 66.2 Å². The van der Waals surface area contributed by atoms with Gasteiger partial charge in [0.25, 0.3) is 0 Å². The van der Waals surface area contributed by atoms with Gasteiger partial charge in [-0.3, -0.25) is 4.79 Å². The van der Waals surface area contributed by atoms with Crippen LogP contribution in [-0.4, -0.2) is 37.0 Å². The topological polar surface area (TPSA) is 55.8 Å². The highest BCUT2D eigenvalue weighted by molar-refractivity contribution is 5.53. The van der Waals surface area contributed by atoms with Gasteiger partial charge >= 0.3 is 0 Å². The van der Waals surface area contributed by atoms with Crippen molar-refractivity contribution < 1.29 is 19.4 Å². The quantitative estimate of drug-likeness (QED) is 0.570. The van der Waals surface area contributed by atoms with Crippen LogP contribution < -0.4 is 0 Å². The lowest BCUT2D eigenvalue weighted by Gasteiger charge is -2.55. The molecule has 3 rings (SSSR count). The molecular formula is C20H34O4. The van der Waals surface area contributed by atoms with E-state index in [1.165, 1.54) is 32.1 Å². The molecule has 0 amide bonds. The van der Waals surface area contributed by atoms with Crippen LogP contribution in [0.25, 0.3) is 0 Å². The molecule has 3 aliphatic rings. The lowest BCUT2D eigenvalue weighted by molar-refractivity contribution is -0.216. The van der Waals surface area contributed by atoms with Crippen molar-refractivity contribution in [3.63, 3.8) is 0 Å². The smallest absolute Gasteiger partial charge is 0.215 e. The first-order valence-electron chi connectivity index (χ1n) is 9.71. The van der Waals surface area contributed by atoms with Gasteiger partial charge < -0.3 is 14.6 Å². The molecule has 24 heavy (non-hydrogen) atoms. The van der Waals surface area contributed by atoms with E-state index in [-0.39, 0.29) is 24.7 Å². The molecule has 6 unspecified atom stereocenters. The van der Waals surface area contributed by atoms with E-state index in [1.807, 2.05) is 0 Å². The number of carbonyl (C=O) groups is 1. The summed E-state index contributed by atoms with van der Waals surface area (Å²) in [5.41, 5.74) is 1.11. The molecule has 0 aromatic heterocycles. The molecule has 0 radical (unpaired) electrons. The minimum absolute atomic E-state index is 0.0468. The molecule has 3 aliphatic carbocycles. The fraction of sp³-hybridized carbons (Fsp3) is 0.950. The summed E-state index contributed by atoms with van der Waals surface area (Å²) in [5, 5.41) is 8.90. The van der Waals surface area contributed by atoms with E-state index in [0.717, 1.165) is 12.3 Å². The Morgan fingerprint density at radius 2 is 2.04 bits per heavy atom. The van der Waals surface area contributed by atoms with Gasteiger partial charge in [0.2, 0.25) is 6.29 Å². The van der Waals surface area contributed by atoms with E-state index >= 15 is 0 Å². The van der Waals surface area contributed by atoms with Gasteiger partial charge in [-0.1, -0.05) is 27.7 Å². The van der Waals surface area contributed by atoms with Crippen LogP contribution >= 0.6 is 0 Å². The average molecular weight is 338 g/mol. The minimum atomic E-state index is -0.854. The zero-order valence-electron chi connectivity index (χ0n) is 15.7. The maximum Gasteiger partial charge on any atom is 0.215 e. The zero-order valence-corrected chi connectivity index (χ0v) is 15.7. The van der Waals surface area contributed by atoms with E-state index in [9.17, 15) is 4.79 Å². The van der Waals surface area contributed by atoms with Crippen LogP contribution in [0.2, 0.25) is 0 Å². The normalized spacial score (nSPS) is 44.3. The summed E-state index contributed by atoms with van der Waals surface area (Å²) >= 11 is 0. The predicted octanol–water partition coefficient (Wildman–Crippen LogP) is 3.56. The van der Waals surface area contributed by atoms with Gasteiger partial charge in [0.15, 0.2) is 6.29 Å². The van der Waals surface area contributed by atoms with Gasteiger partial charge in [0.1, 0.15) is 0 Å². The maximum atomic E-state index is 11.3. The number of ether oxygens (including phenoxy) is 2. The molecule has 0 aromatic carbocycles. The van der Waals surface area contributed by atoms with Crippen LogP contribution in [0.4, 0.5) is 0 Å². The van der Waals surface area contributed by atoms with Crippen LogP contribution in [0.5, 0.6) is 0 Å². The van der Waals surface area contributed by atoms with Crippen molar-refractivity contribution in [1.29, 1.82) is 0 Å². The zero-order chi connectivity index (χ0) is 17.6. The van der Waals surface area contributed by atoms with Crippen molar-refractivity contribution in [2.75, 3.05) is 13.2 Å². The Balaban J connectivity index is 1.75. The first-order valence-corrected chi connectivity index (χ1v) is 9.71. The largest absolute Gasteiger partial charge is 0.394 e. The lowest BCUT2D eigenvalue weighted by atomic mass is 9.52. The number of carbonyl (C=O) groups excluding carboxylic acids is 1. The van der Waals surface area contributed by atoms with Crippen molar-refractivity contribution in [3.05, 3.63) is 0 Å². The third-order valence-electron chi connectivity index (χ3n) is 7.99. The SMILES string of the molecule is CCC12CC13CCC(OC(C=O)OCCO)C(C)(C)C3CCC2C. The average Bonchev–Trinajstić information content (AvgIpc) is 3.24. The summed E-state index contributed by atoms with van der Waals surface area (Å²) < 4.78 is 11.4. The molecule has 1 N–H and O–H groups in total. The monoisotopic (exact) mass is 338 g/mol. The second-order valence-corrected chi connectivity index (χ2v) is 8.96. The van der Waals surface area contributed by atoms with Crippen molar-refractivity contribution >= 4 is 6.29 Å². The highest BCUT2D eigenvalue weighted by atomic mass is 16.7. The summed E-state index contributed by atoms with van der Waals surface area (Å²) in [4.78, 5) is 11.3. The Hall–Kier alpha value is -0.450. The van der Waals surface area contributed by atoms with Gasteiger partial charge in [-0.05, 0) is 66.6 Å². The predicted molar refractivity (Wildman–Crippen MR) is 92.4 cm³/mol. The Bertz CT molecular complexity index is 476. The lowest BCUT2D eigenvalue weighted by Crippen LogP contribution is -2.52. The maximum absolute atomic E-state index is 11.3. The second kappa shape index (κ2) is 6.37. The van der Waals surface area contributed by atoms with Gasteiger partial charge in [-0.2, -0.15) is 0 Å². The Morgan fingerprint density at radius 3 is 2.67 bits per heavy atom. The second-order valence-electron chi connectivity index (χ2n) is 8.96. The van der Waals surface area contributed by atoms with E-state index in [0.29, 0.717) is 23.0 Å². The molecule has 0 bridgehead atoms. The number of hydrogen-bond donors (Lipinski definition) is 1. The van der Waals surface area contributed by atoms with E-state index < -0.39 is 6.29 Å². The standard InChI is InChI=1S/C20H34O4/c1-5-19-13-20(19)9-8-16(24-17(12-22)23-11-10-21)18(3,4)15(20)7-6-14(19)2/h12,14-17,21H,5-11,13H2,1-4H3. The number of aliphatic hydroxyl groups is 1. The molecule has 3 fully saturated rings. The molecule has 4 nitrogen and oxygen atoms in total. The van der Waals surface area contributed by atoms with Gasteiger partial charge in [0, 0.05) is 0 Å². The molecule has 138 valence electrons. The number of aliphatic hydroxyl groups excluding tert-OH is 1. The molecule has 1 spiro atoms. The number of rotatable bonds is 7. The molecule has 6 atom stereocenters. The number of hydrogen-bond acceptors (Lipinski definition) is 4. The van der Waals surface area contributed by atoms with Crippen LogP contribution in [0.3, 0.4) is 0 Å². The van der Waals surface area contributed by atoms with Crippen molar-refractivity contribution in [1.82, 2.24) is 0 Å². The third-order valence-corrected chi connectivity index (χ3v) is 7.99. The number of aldehydes is 1. The summed E-state index contributed by atoms with van der Waals surface area (Å²) in [6.45, 7) is 9.52. The molecule has 0 aromatic rings. The Morgan fingerprint density at radius 1 is 1.29 bits per heavy atom. The highest BCUT2D eigenvalue weighted by Crippen LogP contribution is 2.82. The molecular weight excluding hydrogens is 304 g/mol. The Labute approximate surface area is 146 Å². The molecule has 4 heteroatoms.